The Labute approximate surface area is 104 Å². The second-order valence-corrected chi connectivity index (χ2v) is 5.57. The Morgan fingerprint density at radius 3 is 2.94 bits per heavy atom. The van der Waals surface area contributed by atoms with Gasteiger partial charge in [-0.3, -0.25) is 0 Å². The molecule has 0 spiro atoms. The number of hydrogen-bond donors (Lipinski definition) is 1. The maximum Gasteiger partial charge on any atom is 0.109 e. The number of nitrogens with zero attached hydrogens (tertiary/aromatic N) is 1. The third-order valence-electron chi connectivity index (χ3n) is 2.50. The minimum Gasteiger partial charge on any atom is -0.308 e. The van der Waals surface area contributed by atoms with Gasteiger partial charge in [0.1, 0.15) is 5.01 Å². The largest absolute Gasteiger partial charge is 0.308 e. The Morgan fingerprint density at radius 1 is 1.38 bits per heavy atom. The molecule has 2 aromatic heterocycles. The average Bonchev–Trinajstić information content (AvgIpc) is 2.96. The van der Waals surface area contributed by atoms with E-state index >= 15 is 0 Å². The van der Waals surface area contributed by atoms with Crippen molar-refractivity contribution < 1.29 is 0 Å². The monoisotopic (exact) mass is 252 g/mol. The van der Waals surface area contributed by atoms with Gasteiger partial charge >= 0.3 is 0 Å². The SMILES string of the molecule is CCC(NCCc1cccs1)c1nccs1. The predicted octanol–water partition coefficient (Wildman–Crippen LogP) is 3.49. The van der Waals surface area contributed by atoms with Gasteiger partial charge in [-0.15, -0.1) is 22.7 Å². The fourth-order valence-electron chi connectivity index (χ4n) is 1.64. The van der Waals surface area contributed by atoms with Crippen molar-refractivity contribution >= 4 is 22.7 Å². The van der Waals surface area contributed by atoms with Crippen LogP contribution in [0.2, 0.25) is 0 Å². The lowest BCUT2D eigenvalue weighted by molar-refractivity contribution is 0.521. The summed E-state index contributed by atoms with van der Waals surface area (Å²) in [5.74, 6) is 0. The first-order chi connectivity index (χ1) is 7.90. The highest BCUT2D eigenvalue weighted by atomic mass is 32.1. The van der Waals surface area contributed by atoms with E-state index in [9.17, 15) is 0 Å². The van der Waals surface area contributed by atoms with Crippen LogP contribution >= 0.6 is 22.7 Å². The summed E-state index contributed by atoms with van der Waals surface area (Å²) in [6, 6.07) is 4.72. The van der Waals surface area contributed by atoms with Crippen molar-refractivity contribution in [1.29, 1.82) is 0 Å². The van der Waals surface area contributed by atoms with Gasteiger partial charge in [0.15, 0.2) is 0 Å². The molecular weight excluding hydrogens is 236 g/mol. The molecule has 16 heavy (non-hydrogen) atoms. The Morgan fingerprint density at radius 2 is 2.31 bits per heavy atom. The number of rotatable bonds is 6. The molecule has 4 heteroatoms. The van der Waals surface area contributed by atoms with Crippen LogP contribution in [0.1, 0.15) is 29.3 Å². The Balaban J connectivity index is 1.80. The van der Waals surface area contributed by atoms with Crippen LogP contribution in [-0.2, 0) is 6.42 Å². The number of nitrogens with one attached hydrogen (secondary N) is 1. The second-order valence-electron chi connectivity index (χ2n) is 3.61. The Bertz CT molecular complexity index is 381. The fourth-order valence-corrected chi connectivity index (χ4v) is 3.14. The van der Waals surface area contributed by atoms with E-state index in [1.165, 1.54) is 9.88 Å². The topological polar surface area (TPSA) is 24.9 Å². The van der Waals surface area contributed by atoms with Crippen LogP contribution in [-0.4, -0.2) is 11.5 Å². The smallest absolute Gasteiger partial charge is 0.109 e. The van der Waals surface area contributed by atoms with E-state index in [0.29, 0.717) is 6.04 Å². The van der Waals surface area contributed by atoms with Gasteiger partial charge < -0.3 is 5.32 Å². The van der Waals surface area contributed by atoms with Gasteiger partial charge in [-0.05, 0) is 24.3 Å². The summed E-state index contributed by atoms with van der Waals surface area (Å²) in [6.07, 6.45) is 4.08. The summed E-state index contributed by atoms with van der Waals surface area (Å²) in [4.78, 5) is 5.81. The summed E-state index contributed by atoms with van der Waals surface area (Å²) in [5, 5.41) is 8.94. The molecular formula is C12H16N2S2. The van der Waals surface area contributed by atoms with Crippen LogP contribution in [0.25, 0.3) is 0 Å². The molecule has 2 nitrogen and oxygen atoms in total. The molecule has 0 fully saturated rings. The molecule has 0 aliphatic carbocycles. The van der Waals surface area contributed by atoms with Gasteiger partial charge in [-0.2, -0.15) is 0 Å². The zero-order valence-corrected chi connectivity index (χ0v) is 11.0. The van der Waals surface area contributed by atoms with E-state index in [0.717, 1.165) is 19.4 Å². The number of thiazole rings is 1. The van der Waals surface area contributed by atoms with E-state index in [2.05, 4.69) is 34.7 Å². The maximum absolute atomic E-state index is 4.36. The molecule has 1 atom stereocenters. The molecule has 2 heterocycles. The lowest BCUT2D eigenvalue weighted by atomic mass is 10.2. The molecule has 0 bridgehead atoms. The molecule has 0 radical (unpaired) electrons. The molecule has 0 aliphatic heterocycles. The quantitative estimate of drug-likeness (QED) is 0.851. The van der Waals surface area contributed by atoms with Gasteiger partial charge in [-0.1, -0.05) is 13.0 Å². The summed E-state index contributed by atoms with van der Waals surface area (Å²) in [6.45, 7) is 3.23. The van der Waals surface area contributed by atoms with Crippen molar-refractivity contribution in [1.82, 2.24) is 10.3 Å². The van der Waals surface area contributed by atoms with E-state index in [1.807, 2.05) is 22.9 Å². The molecule has 0 saturated heterocycles. The number of hydrogen-bond acceptors (Lipinski definition) is 4. The van der Waals surface area contributed by atoms with Crippen molar-refractivity contribution in [3.8, 4) is 0 Å². The van der Waals surface area contributed by atoms with Gasteiger partial charge in [0.05, 0.1) is 6.04 Å². The van der Waals surface area contributed by atoms with Crippen LogP contribution < -0.4 is 5.32 Å². The highest BCUT2D eigenvalue weighted by Gasteiger charge is 2.10. The molecule has 2 aromatic rings. The van der Waals surface area contributed by atoms with Crippen molar-refractivity contribution in [2.45, 2.75) is 25.8 Å². The predicted molar refractivity (Wildman–Crippen MR) is 71.2 cm³/mol. The standard InChI is InChI=1S/C12H16N2S2/c1-2-11(12-14-7-9-16-12)13-6-5-10-4-3-8-15-10/h3-4,7-9,11,13H,2,5-6H2,1H3. The van der Waals surface area contributed by atoms with E-state index in [1.54, 1.807) is 11.3 Å². The molecule has 1 N–H and O–H groups in total. The third kappa shape index (κ3) is 3.14. The maximum atomic E-state index is 4.36. The molecule has 0 amide bonds. The van der Waals surface area contributed by atoms with Crippen LogP contribution in [0.15, 0.2) is 29.1 Å². The highest BCUT2D eigenvalue weighted by molar-refractivity contribution is 7.10. The van der Waals surface area contributed by atoms with Crippen LogP contribution in [0.5, 0.6) is 0 Å². The third-order valence-corrected chi connectivity index (χ3v) is 4.33. The minimum absolute atomic E-state index is 0.417. The number of aromatic nitrogens is 1. The van der Waals surface area contributed by atoms with Gasteiger partial charge in [0.25, 0.3) is 0 Å². The first-order valence-corrected chi connectivity index (χ1v) is 7.31. The second kappa shape index (κ2) is 6.13. The fraction of sp³-hybridized carbons (Fsp3) is 0.417. The Kier molecular flexibility index (Phi) is 4.51. The minimum atomic E-state index is 0.417. The first kappa shape index (κ1) is 11.8. The van der Waals surface area contributed by atoms with E-state index in [-0.39, 0.29) is 0 Å². The lowest BCUT2D eigenvalue weighted by Gasteiger charge is -2.13. The molecule has 0 saturated carbocycles. The van der Waals surface area contributed by atoms with E-state index in [4.69, 9.17) is 0 Å². The van der Waals surface area contributed by atoms with Crippen LogP contribution in [0.4, 0.5) is 0 Å². The van der Waals surface area contributed by atoms with Crippen molar-refractivity contribution in [2.75, 3.05) is 6.54 Å². The zero-order chi connectivity index (χ0) is 11.2. The lowest BCUT2D eigenvalue weighted by Crippen LogP contribution is -2.22. The summed E-state index contributed by atoms with van der Waals surface area (Å²) in [7, 11) is 0. The van der Waals surface area contributed by atoms with Crippen LogP contribution in [0.3, 0.4) is 0 Å². The molecule has 0 aliphatic rings. The Hall–Kier alpha value is -0.710. The molecule has 86 valence electrons. The van der Waals surface area contributed by atoms with Crippen LogP contribution in [0, 0.1) is 0 Å². The van der Waals surface area contributed by atoms with Crippen molar-refractivity contribution in [3.63, 3.8) is 0 Å². The highest BCUT2D eigenvalue weighted by Crippen LogP contribution is 2.18. The molecule has 1 unspecified atom stereocenters. The van der Waals surface area contributed by atoms with Crippen molar-refractivity contribution in [3.05, 3.63) is 39.0 Å². The first-order valence-electron chi connectivity index (χ1n) is 5.55. The summed E-state index contributed by atoms with van der Waals surface area (Å²) >= 11 is 3.56. The van der Waals surface area contributed by atoms with Gasteiger partial charge in [0.2, 0.25) is 0 Å². The molecule has 2 rings (SSSR count). The normalized spacial score (nSPS) is 12.8. The van der Waals surface area contributed by atoms with E-state index < -0.39 is 0 Å². The summed E-state index contributed by atoms with van der Waals surface area (Å²) < 4.78 is 0. The average molecular weight is 252 g/mol. The molecule has 0 aromatic carbocycles. The van der Waals surface area contributed by atoms with Gasteiger partial charge in [0, 0.05) is 23.0 Å². The number of thiophene rings is 1. The zero-order valence-electron chi connectivity index (χ0n) is 9.35. The van der Waals surface area contributed by atoms with Crippen molar-refractivity contribution in [2.24, 2.45) is 0 Å². The summed E-state index contributed by atoms with van der Waals surface area (Å²) in [5.41, 5.74) is 0. The van der Waals surface area contributed by atoms with Gasteiger partial charge in [-0.25, -0.2) is 4.98 Å².